The van der Waals surface area contributed by atoms with Gasteiger partial charge < -0.3 is 5.32 Å². The van der Waals surface area contributed by atoms with Crippen molar-refractivity contribution >= 4 is 9.84 Å². The Morgan fingerprint density at radius 1 is 1.19 bits per heavy atom. The van der Waals surface area contributed by atoms with Crippen LogP contribution in [0.2, 0.25) is 0 Å². The molecule has 0 aromatic heterocycles. The molecule has 0 aromatic carbocycles. The Bertz CT molecular complexity index is 294. The maximum Gasteiger partial charge on any atom is 0.147 e. The monoisotopic (exact) mass is 249 g/mol. The van der Waals surface area contributed by atoms with Gasteiger partial charge in [-0.05, 0) is 24.7 Å². The second-order valence-corrected chi connectivity index (χ2v) is 8.22. The minimum absolute atomic E-state index is 0.0340. The van der Waals surface area contributed by atoms with Gasteiger partial charge in [0.25, 0.3) is 0 Å². The van der Waals surface area contributed by atoms with Crippen molar-refractivity contribution in [3.05, 3.63) is 0 Å². The summed E-state index contributed by atoms with van der Waals surface area (Å²) in [7, 11) is -2.84. The molecule has 0 saturated carbocycles. The second kappa shape index (κ2) is 6.01. The normalized spacial score (nSPS) is 15.4. The van der Waals surface area contributed by atoms with Crippen LogP contribution in [0.5, 0.6) is 0 Å². The van der Waals surface area contributed by atoms with Gasteiger partial charge >= 0.3 is 0 Å². The highest BCUT2D eigenvalue weighted by Crippen LogP contribution is 2.20. The fourth-order valence-electron chi connectivity index (χ4n) is 1.22. The lowest BCUT2D eigenvalue weighted by Gasteiger charge is -2.28. The Kier molecular flexibility index (Phi) is 5.98. The van der Waals surface area contributed by atoms with Crippen molar-refractivity contribution in [3.8, 4) is 0 Å². The van der Waals surface area contributed by atoms with Crippen molar-refractivity contribution in [1.29, 1.82) is 0 Å². The first-order chi connectivity index (χ1) is 7.03. The zero-order valence-corrected chi connectivity index (χ0v) is 12.3. The molecule has 0 bridgehead atoms. The SMILES string of the molecule is CC(C)C(C)NCC(C)(C)CCS(C)(=O)=O. The van der Waals surface area contributed by atoms with E-state index >= 15 is 0 Å². The molecule has 16 heavy (non-hydrogen) atoms. The van der Waals surface area contributed by atoms with Gasteiger partial charge in [-0.25, -0.2) is 8.42 Å². The largest absolute Gasteiger partial charge is 0.313 e. The minimum Gasteiger partial charge on any atom is -0.313 e. The molecule has 0 aliphatic carbocycles. The quantitative estimate of drug-likeness (QED) is 0.751. The van der Waals surface area contributed by atoms with Crippen molar-refractivity contribution in [3.63, 3.8) is 0 Å². The van der Waals surface area contributed by atoms with Gasteiger partial charge in [-0.2, -0.15) is 0 Å². The number of hydrogen-bond acceptors (Lipinski definition) is 3. The Labute approximate surface area is 101 Å². The van der Waals surface area contributed by atoms with Gasteiger partial charge in [0.05, 0.1) is 5.75 Å². The topological polar surface area (TPSA) is 46.2 Å². The van der Waals surface area contributed by atoms with Crippen LogP contribution in [-0.2, 0) is 9.84 Å². The zero-order valence-electron chi connectivity index (χ0n) is 11.5. The lowest BCUT2D eigenvalue weighted by molar-refractivity contribution is 0.293. The van der Waals surface area contributed by atoms with Crippen LogP contribution in [-0.4, -0.2) is 33.0 Å². The first-order valence-corrected chi connectivity index (χ1v) is 8.01. The highest BCUT2D eigenvalue weighted by atomic mass is 32.2. The van der Waals surface area contributed by atoms with Crippen molar-refractivity contribution in [2.45, 2.75) is 47.1 Å². The molecule has 4 heteroatoms. The second-order valence-electron chi connectivity index (χ2n) is 5.96. The van der Waals surface area contributed by atoms with Gasteiger partial charge in [-0.3, -0.25) is 0 Å². The van der Waals surface area contributed by atoms with Crippen molar-refractivity contribution in [2.24, 2.45) is 11.3 Å². The van der Waals surface area contributed by atoms with Crippen LogP contribution < -0.4 is 5.32 Å². The summed E-state index contributed by atoms with van der Waals surface area (Å²) in [5, 5.41) is 3.46. The summed E-state index contributed by atoms with van der Waals surface area (Å²) >= 11 is 0. The molecule has 0 radical (unpaired) electrons. The molecule has 0 saturated heterocycles. The molecule has 1 atom stereocenters. The van der Waals surface area contributed by atoms with Crippen LogP contribution >= 0.6 is 0 Å². The van der Waals surface area contributed by atoms with E-state index in [0.29, 0.717) is 18.4 Å². The average Bonchev–Trinajstić information content (AvgIpc) is 2.10. The summed E-state index contributed by atoms with van der Waals surface area (Å²) in [5.41, 5.74) is 0.0340. The summed E-state index contributed by atoms with van der Waals surface area (Å²) in [6.07, 6.45) is 2.01. The fourth-order valence-corrected chi connectivity index (χ4v) is 2.15. The van der Waals surface area contributed by atoms with Gasteiger partial charge in [0.15, 0.2) is 0 Å². The van der Waals surface area contributed by atoms with E-state index in [1.165, 1.54) is 6.26 Å². The third-order valence-corrected chi connectivity index (χ3v) is 4.00. The van der Waals surface area contributed by atoms with E-state index in [-0.39, 0.29) is 11.2 Å². The molecule has 0 rings (SSSR count). The summed E-state index contributed by atoms with van der Waals surface area (Å²) in [6, 6.07) is 0.470. The third-order valence-electron chi connectivity index (χ3n) is 3.05. The molecule has 0 aromatic rings. The number of sulfone groups is 1. The summed E-state index contributed by atoms with van der Waals surface area (Å²) in [5.74, 6) is 0.878. The smallest absolute Gasteiger partial charge is 0.147 e. The van der Waals surface area contributed by atoms with E-state index in [4.69, 9.17) is 0 Å². The van der Waals surface area contributed by atoms with E-state index < -0.39 is 9.84 Å². The van der Waals surface area contributed by atoms with E-state index in [9.17, 15) is 8.42 Å². The van der Waals surface area contributed by atoms with Crippen molar-refractivity contribution in [2.75, 3.05) is 18.6 Å². The van der Waals surface area contributed by atoms with E-state index in [2.05, 4.69) is 39.9 Å². The van der Waals surface area contributed by atoms with Crippen LogP contribution in [0.3, 0.4) is 0 Å². The highest BCUT2D eigenvalue weighted by Gasteiger charge is 2.21. The lowest BCUT2D eigenvalue weighted by atomic mass is 9.89. The first kappa shape index (κ1) is 15.9. The summed E-state index contributed by atoms with van der Waals surface area (Å²) in [6.45, 7) is 11.6. The Balaban J connectivity index is 4.05. The third kappa shape index (κ3) is 8.11. The number of rotatable bonds is 7. The lowest BCUT2D eigenvalue weighted by Crippen LogP contribution is -2.38. The van der Waals surface area contributed by atoms with Crippen LogP contribution in [0.25, 0.3) is 0 Å². The molecule has 0 spiro atoms. The first-order valence-electron chi connectivity index (χ1n) is 5.94. The average molecular weight is 249 g/mol. The van der Waals surface area contributed by atoms with E-state index in [1.54, 1.807) is 0 Å². The maximum atomic E-state index is 11.1. The molecule has 0 fully saturated rings. The summed E-state index contributed by atoms with van der Waals surface area (Å²) < 4.78 is 22.2. The van der Waals surface area contributed by atoms with E-state index in [0.717, 1.165) is 6.54 Å². The summed E-state index contributed by atoms with van der Waals surface area (Å²) in [4.78, 5) is 0. The molecule has 0 aliphatic rings. The van der Waals surface area contributed by atoms with Gasteiger partial charge in [0.2, 0.25) is 0 Å². The van der Waals surface area contributed by atoms with Crippen LogP contribution in [0, 0.1) is 11.3 Å². The van der Waals surface area contributed by atoms with Crippen LogP contribution in [0.1, 0.15) is 41.0 Å². The molecule has 98 valence electrons. The van der Waals surface area contributed by atoms with Crippen molar-refractivity contribution < 1.29 is 8.42 Å². The molecule has 3 nitrogen and oxygen atoms in total. The molecule has 1 N–H and O–H groups in total. The van der Waals surface area contributed by atoms with Crippen LogP contribution in [0.4, 0.5) is 0 Å². The molecular formula is C12H27NO2S. The Hall–Kier alpha value is -0.0900. The van der Waals surface area contributed by atoms with Gasteiger partial charge in [-0.15, -0.1) is 0 Å². The standard InChI is InChI=1S/C12H27NO2S/c1-10(2)11(3)13-9-12(4,5)7-8-16(6,14)15/h10-11,13H,7-9H2,1-6H3. The zero-order chi connectivity index (χ0) is 13.0. The van der Waals surface area contributed by atoms with E-state index in [1.807, 2.05) is 0 Å². The predicted octanol–water partition coefficient (Wildman–Crippen LogP) is 2.08. The molecule has 1 unspecified atom stereocenters. The number of nitrogens with one attached hydrogen (secondary N) is 1. The van der Waals surface area contributed by atoms with Gasteiger partial charge in [0, 0.05) is 18.8 Å². The molecular weight excluding hydrogens is 222 g/mol. The molecule has 0 heterocycles. The maximum absolute atomic E-state index is 11.1. The van der Waals surface area contributed by atoms with Crippen LogP contribution in [0.15, 0.2) is 0 Å². The fraction of sp³-hybridized carbons (Fsp3) is 1.00. The Morgan fingerprint density at radius 2 is 1.69 bits per heavy atom. The molecule has 0 amide bonds. The predicted molar refractivity (Wildman–Crippen MR) is 70.4 cm³/mol. The minimum atomic E-state index is -2.84. The Morgan fingerprint density at radius 3 is 2.06 bits per heavy atom. The molecule has 0 aliphatic heterocycles. The number of hydrogen-bond donors (Lipinski definition) is 1. The highest BCUT2D eigenvalue weighted by molar-refractivity contribution is 7.90. The van der Waals surface area contributed by atoms with Gasteiger partial charge in [0.1, 0.15) is 9.84 Å². The van der Waals surface area contributed by atoms with Gasteiger partial charge in [-0.1, -0.05) is 27.7 Å². The van der Waals surface area contributed by atoms with Crippen molar-refractivity contribution in [1.82, 2.24) is 5.32 Å².